The number of carbonyl (C=O) groups excluding carboxylic acids is 1. The summed E-state index contributed by atoms with van der Waals surface area (Å²) in [6, 6.07) is 2.09. The number of carbonyl (C=O) groups is 1. The first-order chi connectivity index (χ1) is 12.5. The molecular formula is C18H24F2N4O2. The molecule has 0 unspecified atom stereocenters. The van der Waals surface area contributed by atoms with Gasteiger partial charge in [-0.2, -0.15) is 8.78 Å². The summed E-state index contributed by atoms with van der Waals surface area (Å²) in [7, 11) is 0. The zero-order valence-corrected chi connectivity index (χ0v) is 14.6. The number of fused-ring (bicyclic) bond motifs is 1. The highest BCUT2D eigenvalue weighted by atomic mass is 19.3. The molecule has 2 aliphatic heterocycles. The van der Waals surface area contributed by atoms with Crippen molar-refractivity contribution in [2.24, 2.45) is 0 Å². The third kappa shape index (κ3) is 3.00. The number of likely N-dealkylation sites (tertiary alicyclic amines) is 1. The number of nitrogens with zero attached hydrogens (tertiary/aromatic N) is 3. The Balaban J connectivity index is 1.42. The number of amides is 1. The fraction of sp³-hybridized carbons (Fsp3) is 0.667. The molecule has 4 rings (SSSR count). The first-order valence-corrected chi connectivity index (χ1v) is 9.23. The second kappa shape index (κ2) is 6.83. The van der Waals surface area contributed by atoms with Crippen LogP contribution >= 0.6 is 0 Å². The molecule has 1 saturated heterocycles. The van der Waals surface area contributed by atoms with Crippen molar-refractivity contribution in [2.75, 3.05) is 13.1 Å². The van der Waals surface area contributed by atoms with E-state index in [0.717, 1.165) is 56.3 Å². The summed E-state index contributed by atoms with van der Waals surface area (Å²) in [6.45, 7) is -0.332. The maximum absolute atomic E-state index is 13.4. The maximum atomic E-state index is 13.4. The van der Waals surface area contributed by atoms with E-state index in [4.69, 9.17) is 5.21 Å². The molecule has 1 aliphatic carbocycles. The number of pyridine rings is 1. The molecule has 8 heteroatoms. The Labute approximate surface area is 151 Å². The van der Waals surface area contributed by atoms with Crippen LogP contribution in [0.5, 0.6) is 0 Å². The molecule has 3 heterocycles. The van der Waals surface area contributed by atoms with Crippen molar-refractivity contribution in [1.82, 2.24) is 20.3 Å². The van der Waals surface area contributed by atoms with Gasteiger partial charge >= 0.3 is 0 Å². The molecule has 1 aromatic heterocycles. The molecule has 26 heavy (non-hydrogen) atoms. The molecule has 1 spiro atoms. The molecule has 0 bridgehead atoms. The summed E-state index contributed by atoms with van der Waals surface area (Å²) in [5, 5.41) is 8.74. The molecule has 0 radical (unpaired) electrons. The van der Waals surface area contributed by atoms with Crippen molar-refractivity contribution in [3.63, 3.8) is 0 Å². The largest absolute Gasteiger partial charge is 0.295 e. The van der Waals surface area contributed by atoms with Crippen LogP contribution in [-0.4, -0.2) is 57.1 Å². The topological polar surface area (TPSA) is 68.7 Å². The van der Waals surface area contributed by atoms with Crippen molar-refractivity contribution < 1.29 is 18.8 Å². The highest BCUT2D eigenvalue weighted by Crippen LogP contribution is 2.48. The molecular weight excluding hydrogens is 342 g/mol. The Morgan fingerprint density at radius 1 is 1.35 bits per heavy atom. The second-order valence-corrected chi connectivity index (χ2v) is 7.71. The van der Waals surface area contributed by atoms with E-state index < -0.39 is 12.5 Å². The predicted molar refractivity (Wildman–Crippen MR) is 89.9 cm³/mol. The third-order valence-electron chi connectivity index (χ3n) is 6.33. The number of hydroxylamine groups is 1. The standard InChI is InChI=1S/C18H24F2N4O2/c19-17(20)24-5-2-1-4-18(24)8-14(9-18)23-6-3-12-7-13(16(25)22-26)10-21-15(12)11-23/h7,10,14,17,26H,1-6,8-9,11H2,(H,22,25). The number of hydrogen-bond donors (Lipinski definition) is 2. The van der Waals surface area contributed by atoms with Gasteiger partial charge in [0.05, 0.1) is 11.3 Å². The van der Waals surface area contributed by atoms with Crippen LogP contribution in [0.15, 0.2) is 12.3 Å². The molecule has 6 nitrogen and oxygen atoms in total. The van der Waals surface area contributed by atoms with Gasteiger partial charge in [-0.15, -0.1) is 0 Å². The zero-order chi connectivity index (χ0) is 18.3. The zero-order valence-electron chi connectivity index (χ0n) is 14.6. The lowest BCUT2D eigenvalue weighted by molar-refractivity contribution is -0.163. The van der Waals surface area contributed by atoms with Gasteiger partial charge in [0.2, 0.25) is 0 Å². The molecule has 2 N–H and O–H groups in total. The number of hydrogen-bond acceptors (Lipinski definition) is 5. The van der Waals surface area contributed by atoms with Crippen LogP contribution in [-0.2, 0) is 13.0 Å². The van der Waals surface area contributed by atoms with Gasteiger partial charge < -0.3 is 0 Å². The number of alkyl halides is 2. The van der Waals surface area contributed by atoms with Crippen molar-refractivity contribution >= 4 is 5.91 Å². The summed E-state index contributed by atoms with van der Waals surface area (Å²) in [6.07, 6.45) is 6.62. The summed E-state index contributed by atoms with van der Waals surface area (Å²) in [5.74, 6) is -0.562. The van der Waals surface area contributed by atoms with E-state index in [1.807, 2.05) is 0 Å². The summed E-state index contributed by atoms with van der Waals surface area (Å²) in [4.78, 5) is 19.6. The van der Waals surface area contributed by atoms with E-state index in [1.54, 1.807) is 11.5 Å². The molecule has 1 aromatic rings. The minimum absolute atomic E-state index is 0.312. The van der Waals surface area contributed by atoms with E-state index in [-0.39, 0.29) is 5.54 Å². The van der Waals surface area contributed by atoms with Crippen LogP contribution in [0, 0.1) is 0 Å². The summed E-state index contributed by atoms with van der Waals surface area (Å²) >= 11 is 0. The Bertz CT molecular complexity index is 694. The van der Waals surface area contributed by atoms with Gasteiger partial charge in [-0.05, 0) is 43.7 Å². The second-order valence-electron chi connectivity index (χ2n) is 7.71. The monoisotopic (exact) mass is 366 g/mol. The van der Waals surface area contributed by atoms with E-state index in [1.165, 1.54) is 11.1 Å². The lowest BCUT2D eigenvalue weighted by Gasteiger charge is -2.59. The Kier molecular flexibility index (Phi) is 4.66. The Morgan fingerprint density at radius 3 is 2.88 bits per heavy atom. The molecule has 3 aliphatic rings. The van der Waals surface area contributed by atoms with Gasteiger partial charge in [0.1, 0.15) is 0 Å². The van der Waals surface area contributed by atoms with Crippen molar-refractivity contribution in [2.45, 2.75) is 63.2 Å². The van der Waals surface area contributed by atoms with Crippen LogP contribution in [0.3, 0.4) is 0 Å². The average Bonchev–Trinajstić information content (AvgIpc) is 2.64. The number of piperidine rings is 1. The lowest BCUT2D eigenvalue weighted by Crippen LogP contribution is -2.66. The van der Waals surface area contributed by atoms with Crippen LogP contribution < -0.4 is 5.48 Å². The van der Waals surface area contributed by atoms with Crippen molar-refractivity contribution in [3.05, 3.63) is 29.1 Å². The SMILES string of the molecule is O=C(NO)c1cnc2c(c1)CCN(C1CC3(CCCCN3C(F)F)C1)C2. The number of rotatable bonds is 3. The van der Waals surface area contributed by atoms with E-state index in [0.29, 0.717) is 24.7 Å². The highest BCUT2D eigenvalue weighted by molar-refractivity contribution is 5.93. The fourth-order valence-electron chi connectivity index (χ4n) is 4.87. The first-order valence-electron chi connectivity index (χ1n) is 9.23. The lowest BCUT2D eigenvalue weighted by atomic mass is 9.66. The molecule has 1 saturated carbocycles. The number of halogens is 2. The van der Waals surface area contributed by atoms with Crippen LogP contribution in [0.2, 0.25) is 0 Å². The quantitative estimate of drug-likeness (QED) is 0.488. The number of aromatic nitrogens is 1. The molecule has 0 aromatic carbocycles. The van der Waals surface area contributed by atoms with E-state index in [9.17, 15) is 13.6 Å². The molecule has 1 amide bonds. The normalized spacial score (nSPS) is 29.5. The van der Waals surface area contributed by atoms with Crippen LogP contribution in [0.4, 0.5) is 8.78 Å². The first kappa shape index (κ1) is 17.8. The highest BCUT2D eigenvalue weighted by Gasteiger charge is 2.53. The molecule has 142 valence electrons. The van der Waals surface area contributed by atoms with Gasteiger partial charge in [-0.3, -0.25) is 19.9 Å². The van der Waals surface area contributed by atoms with Crippen LogP contribution in [0.1, 0.15) is 53.7 Å². The Morgan fingerprint density at radius 2 is 2.15 bits per heavy atom. The predicted octanol–water partition coefficient (Wildman–Crippen LogP) is 2.17. The van der Waals surface area contributed by atoms with Gasteiger partial charge in [-0.1, -0.05) is 6.42 Å². The minimum atomic E-state index is -2.36. The summed E-state index contributed by atoms with van der Waals surface area (Å²) < 4.78 is 26.8. The third-order valence-corrected chi connectivity index (χ3v) is 6.33. The van der Waals surface area contributed by atoms with Gasteiger partial charge in [0.25, 0.3) is 12.5 Å². The van der Waals surface area contributed by atoms with Gasteiger partial charge in [0, 0.05) is 37.4 Å². The van der Waals surface area contributed by atoms with E-state index in [2.05, 4.69) is 9.88 Å². The van der Waals surface area contributed by atoms with Crippen LogP contribution in [0.25, 0.3) is 0 Å². The number of nitrogens with one attached hydrogen (secondary N) is 1. The summed E-state index contributed by atoms with van der Waals surface area (Å²) in [5.41, 5.74) is 3.61. The van der Waals surface area contributed by atoms with Crippen molar-refractivity contribution in [3.8, 4) is 0 Å². The average molecular weight is 366 g/mol. The smallest absolute Gasteiger partial charge is 0.294 e. The van der Waals surface area contributed by atoms with E-state index >= 15 is 0 Å². The fourth-order valence-corrected chi connectivity index (χ4v) is 4.87. The van der Waals surface area contributed by atoms with Gasteiger partial charge in [0.15, 0.2) is 0 Å². The minimum Gasteiger partial charge on any atom is -0.294 e. The van der Waals surface area contributed by atoms with Crippen molar-refractivity contribution in [1.29, 1.82) is 0 Å². The Hall–Kier alpha value is -1.64. The van der Waals surface area contributed by atoms with Gasteiger partial charge in [-0.25, -0.2) is 10.4 Å². The maximum Gasteiger partial charge on any atom is 0.295 e. The molecule has 0 atom stereocenters. The molecule has 2 fully saturated rings.